The zero-order chi connectivity index (χ0) is 32.5. The molecule has 4 aromatic rings. The van der Waals surface area contributed by atoms with E-state index < -0.39 is 11.6 Å². The van der Waals surface area contributed by atoms with Crippen LogP contribution in [-0.2, 0) is 11.2 Å². The van der Waals surface area contributed by atoms with Gasteiger partial charge in [0.15, 0.2) is 5.82 Å². The number of carbonyl (C=O) groups is 1. The number of aromatic nitrogens is 3. The molecule has 47 heavy (non-hydrogen) atoms. The Morgan fingerprint density at radius 3 is 2.66 bits per heavy atom. The average molecular weight is 642 g/mol. The number of benzene rings is 2. The van der Waals surface area contributed by atoms with Gasteiger partial charge in [0.2, 0.25) is 0 Å². The van der Waals surface area contributed by atoms with Crippen LogP contribution in [0.1, 0.15) is 70.8 Å². The topological polar surface area (TPSA) is 91.7 Å². The highest BCUT2D eigenvalue weighted by Gasteiger charge is 2.48. The fourth-order valence-corrected chi connectivity index (χ4v) is 9.24. The first-order chi connectivity index (χ1) is 22.7. The smallest absolute Gasteiger partial charge is 0.319 e. The Kier molecular flexibility index (Phi) is 7.35. The molecule has 1 N–H and O–H groups in total. The van der Waals surface area contributed by atoms with Gasteiger partial charge in [-0.15, -0.1) is 0 Å². The van der Waals surface area contributed by atoms with Gasteiger partial charge in [-0.1, -0.05) is 19.9 Å². The number of halogens is 2. The van der Waals surface area contributed by atoms with Crippen molar-refractivity contribution in [2.45, 2.75) is 77.2 Å². The van der Waals surface area contributed by atoms with E-state index in [1.807, 2.05) is 6.92 Å². The lowest BCUT2D eigenvalue weighted by atomic mass is 9.76. The van der Waals surface area contributed by atoms with Crippen LogP contribution in [0.4, 0.5) is 14.6 Å². The summed E-state index contributed by atoms with van der Waals surface area (Å²) in [5.41, 5.74) is 0.454. The van der Waals surface area contributed by atoms with Gasteiger partial charge < -0.3 is 14.7 Å². The van der Waals surface area contributed by atoms with Crippen LogP contribution in [0, 0.1) is 23.0 Å². The Balaban J connectivity index is 1.24. The number of piperidine rings is 1. The molecule has 1 spiro atoms. The van der Waals surface area contributed by atoms with E-state index in [4.69, 9.17) is 9.72 Å². The summed E-state index contributed by atoms with van der Waals surface area (Å²) >= 11 is 0. The summed E-state index contributed by atoms with van der Waals surface area (Å²) < 4.78 is 38.3. The standard InChI is InChI=1S/C37H41F2N5O3/c1-3-25-28(38)8-7-23-16-24(45)17-26(30(23)25)32-31(39)33-27(19-40-32)34(43-14-11-36(12-15-43)9-4-6-29(36)46)42-35(41-33)47-21-37-10-5-13-44(37)20-22(2)18-37/h7-8,16-17,19,22,45H,3-6,9-15,18,20-21H2,1-2H3/t22-,37+/m1/s1. The average Bonchev–Trinajstić information content (AvgIpc) is 3.71. The van der Waals surface area contributed by atoms with E-state index in [1.165, 1.54) is 12.1 Å². The Bertz CT molecular complexity index is 1910. The molecular formula is C37H41F2N5O3. The lowest BCUT2D eigenvalue weighted by molar-refractivity contribution is -0.126. The maximum Gasteiger partial charge on any atom is 0.319 e. The molecule has 0 unspecified atom stereocenters. The number of fused-ring (bicyclic) bond motifs is 3. The van der Waals surface area contributed by atoms with E-state index in [-0.39, 0.29) is 33.9 Å². The molecule has 0 amide bonds. The molecule has 2 aromatic heterocycles. The monoisotopic (exact) mass is 641 g/mol. The number of nitrogens with zero attached hydrogens (tertiary/aromatic N) is 5. The van der Waals surface area contributed by atoms with E-state index in [1.54, 1.807) is 18.3 Å². The predicted octanol–water partition coefficient (Wildman–Crippen LogP) is 6.98. The van der Waals surface area contributed by atoms with Crippen molar-refractivity contribution in [1.29, 1.82) is 0 Å². The molecule has 2 atom stereocenters. The van der Waals surface area contributed by atoms with Gasteiger partial charge in [-0.25, -0.2) is 8.78 Å². The second-order valence-corrected chi connectivity index (χ2v) is 14.4. The SMILES string of the molecule is CCc1c(F)ccc2cc(O)cc(-c3ncc4c(N5CCC6(CCCC6=O)CC5)nc(OC[C@@]56CCCN5C[C@H](C)C6)nc4c3F)c12. The summed E-state index contributed by atoms with van der Waals surface area (Å²) in [6.07, 6.45) is 9.15. The minimum atomic E-state index is -0.677. The minimum absolute atomic E-state index is 0.0198. The number of aromatic hydroxyl groups is 1. The fraction of sp³-hybridized carbons (Fsp3) is 0.514. The van der Waals surface area contributed by atoms with Gasteiger partial charge in [-0.2, -0.15) is 9.97 Å². The summed E-state index contributed by atoms with van der Waals surface area (Å²) in [7, 11) is 0. The van der Waals surface area contributed by atoms with Gasteiger partial charge in [0.1, 0.15) is 41.0 Å². The van der Waals surface area contributed by atoms with Gasteiger partial charge in [0.05, 0.1) is 10.9 Å². The number of anilines is 1. The molecule has 2 aromatic carbocycles. The quantitative estimate of drug-likeness (QED) is 0.241. The van der Waals surface area contributed by atoms with E-state index in [2.05, 4.69) is 26.7 Å². The van der Waals surface area contributed by atoms with Crippen molar-refractivity contribution in [1.82, 2.24) is 19.9 Å². The van der Waals surface area contributed by atoms with Crippen LogP contribution in [0.15, 0.2) is 30.5 Å². The molecule has 0 bridgehead atoms. The number of pyridine rings is 1. The van der Waals surface area contributed by atoms with Crippen LogP contribution < -0.4 is 9.64 Å². The molecule has 4 fully saturated rings. The molecule has 1 aliphatic carbocycles. The zero-order valence-electron chi connectivity index (χ0n) is 27.1. The number of rotatable bonds is 6. The molecular weight excluding hydrogens is 600 g/mol. The first-order valence-corrected chi connectivity index (χ1v) is 17.2. The summed E-state index contributed by atoms with van der Waals surface area (Å²) in [4.78, 5) is 31.6. The number of ketones is 1. The normalized spacial score (nSPS) is 24.2. The minimum Gasteiger partial charge on any atom is -0.508 e. The number of Topliss-reactive ketones (excluding diaryl/α,β-unsaturated/α-hetero) is 1. The van der Waals surface area contributed by atoms with Crippen molar-refractivity contribution in [3.05, 3.63) is 47.7 Å². The maximum atomic E-state index is 16.9. The molecule has 8 nitrogen and oxygen atoms in total. The highest BCUT2D eigenvalue weighted by atomic mass is 19.1. The molecule has 1 saturated carbocycles. The molecule has 10 heteroatoms. The van der Waals surface area contributed by atoms with Gasteiger partial charge >= 0.3 is 6.01 Å². The number of hydrogen-bond acceptors (Lipinski definition) is 8. The first-order valence-electron chi connectivity index (χ1n) is 17.2. The Hall–Kier alpha value is -3.92. The van der Waals surface area contributed by atoms with Crippen molar-refractivity contribution >= 4 is 33.3 Å². The summed E-state index contributed by atoms with van der Waals surface area (Å²) in [6.45, 7) is 7.87. The summed E-state index contributed by atoms with van der Waals surface area (Å²) in [6, 6.07) is 6.07. The summed E-state index contributed by atoms with van der Waals surface area (Å²) in [5.74, 6) is 0.350. The van der Waals surface area contributed by atoms with Crippen LogP contribution in [0.3, 0.4) is 0 Å². The summed E-state index contributed by atoms with van der Waals surface area (Å²) in [5, 5.41) is 12.2. The lowest BCUT2D eigenvalue weighted by Crippen LogP contribution is -2.44. The number of aryl methyl sites for hydroxylation is 1. The molecule has 4 aliphatic rings. The third kappa shape index (κ3) is 4.93. The molecule has 3 aliphatic heterocycles. The number of carbonyl (C=O) groups excluding carboxylic acids is 1. The molecule has 0 radical (unpaired) electrons. The Morgan fingerprint density at radius 2 is 1.89 bits per heavy atom. The number of phenolic OH excluding ortho intramolecular Hbond substituents is 1. The van der Waals surface area contributed by atoms with Crippen LogP contribution in [-0.4, -0.2) is 69.1 Å². The molecule has 8 rings (SSSR count). The molecule has 5 heterocycles. The number of phenols is 1. The van der Waals surface area contributed by atoms with Crippen LogP contribution in [0.25, 0.3) is 32.9 Å². The van der Waals surface area contributed by atoms with E-state index in [9.17, 15) is 9.90 Å². The number of ether oxygens (including phenoxy) is 1. The van der Waals surface area contributed by atoms with Crippen LogP contribution in [0.5, 0.6) is 11.8 Å². The second-order valence-electron chi connectivity index (χ2n) is 14.4. The van der Waals surface area contributed by atoms with E-state index >= 15 is 8.78 Å². The fourth-order valence-electron chi connectivity index (χ4n) is 9.24. The zero-order valence-corrected chi connectivity index (χ0v) is 27.1. The van der Waals surface area contributed by atoms with Crippen molar-refractivity contribution in [3.8, 4) is 23.0 Å². The maximum absolute atomic E-state index is 16.9. The first kappa shape index (κ1) is 30.4. The van der Waals surface area contributed by atoms with E-state index in [0.717, 1.165) is 58.0 Å². The highest BCUT2D eigenvalue weighted by Crippen LogP contribution is 2.46. The van der Waals surface area contributed by atoms with E-state index in [0.29, 0.717) is 77.3 Å². The Labute approximate surface area is 273 Å². The third-order valence-corrected chi connectivity index (χ3v) is 11.5. The van der Waals surface area contributed by atoms with Gasteiger partial charge in [-0.3, -0.25) is 14.7 Å². The van der Waals surface area contributed by atoms with Gasteiger partial charge in [0, 0.05) is 43.2 Å². The predicted molar refractivity (Wildman–Crippen MR) is 177 cm³/mol. The van der Waals surface area contributed by atoms with Crippen molar-refractivity contribution < 1.29 is 23.4 Å². The highest BCUT2D eigenvalue weighted by molar-refractivity contribution is 6.01. The van der Waals surface area contributed by atoms with Gasteiger partial charge in [0.25, 0.3) is 0 Å². The lowest BCUT2D eigenvalue weighted by Gasteiger charge is -2.39. The molecule has 3 saturated heterocycles. The van der Waals surface area contributed by atoms with Crippen molar-refractivity contribution in [3.63, 3.8) is 0 Å². The van der Waals surface area contributed by atoms with Crippen LogP contribution in [0.2, 0.25) is 0 Å². The van der Waals surface area contributed by atoms with Crippen molar-refractivity contribution in [2.75, 3.05) is 37.7 Å². The van der Waals surface area contributed by atoms with Crippen molar-refractivity contribution in [2.24, 2.45) is 11.3 Å². The molecule has 246 valence electrons. The largest absolute Gasteiger partial charge is 0.508 e. The Morgan fingerprint density at radius 1 is 1.06 bits per heavy atom. The second kappa shape index (κ2) is 11.4. The van der Waals surface area contributed by atoms with Gasteiger partial charge in [-0.05, 0) is 98.4 Å². The van der Waals surface area contributed by atoms with Crippen LogP contribution >= 0.6 is 0 Å². The number of hydrogen-bond donors (Lipinski definition) is 1. The third-order valence-electron chi connectivity index (χ3n) is 11.5.